The van der Waals surface area contributed by atoms with Crippen molar-refractivity contribution in [3.63, 3.8) is 0 Å². The highest BCUT2D eigenvalue weighted by molar-refractivity contribution is 8.00. The maximum Gasteiger partial charge on any atom is 0.397 e. The van der Waals surface area contributed by atoms with E-state index in [0.29, 0.717) is 6.42 Å². The number of nitrogens with zero attached hydrogens (tertiary/aromatic N) is 1. The van der Waals surface area contributed by atoms with Crippen LogP contribution in [0.2, 0.25) is 0 Å². The van der Waals surface area contributed by atoms with Crippen LogP contribution in [-0.4, -0.2) is 95.0 Å². The number of halogens is 3. The van der Waals surface area contributed by atoms with Crippen LogP contribution in [0.1, 0.15) is 137 Å². The molecule has 1 heterocycles. The molecule has 1 aliphatic rings. The Morgan fingerprint density at radius 1 is 0.792 bits per heavy atom. The fraction of sp³-hybridized carbons (Fsp3) is 0.838. The molecule has 1 fully saturated rings. The van der Waals surface area contributed by atoms with Crippen LogP contribution in [0.4, 0.5) is 18.0 Å². The van der Waals surface area contributed by atoms with E-state index in [1.165, 1.54) is 18.2 Å². The maximum atomic E-state index is 13.8. The normalized spacial score (nSPS) is 15.4. The molecule has 0 bridgehead atoms. The van der Waals surface area contributed by atoms with Crippen LogP contribution in [0.25, 0.3) is 0 Å². The largest absolute Gasteiger partial charge is 0.461 e. The number of Topliss-reactive ketones (excluding diaryl/α,β-unsaturated/α-hetero) is 1. The van der Waals surface area contributed by atoms with Gasteiger partial charge in [-0.1, -0.05) is 103 Å². The van der Waals surface area contributed by atoms with E-state index < -0.39 is 87.9 Å². The summed E-state index contributed by atoms with van der Waals surface area (Å²) < 4.78 is 44.0. The Morgan fingerprint density at radius 3 is 1.64 bits per heavy atom. The van der Waals surface area contributed by atoms with Crippen molar-refractivity contribution in [1.82, 2.24) is 26.2 Å². The number of likely N-dealkylation sites (N-methyl/N-ethyl adjacent to an activating group) is 1. The van der Waals surface area contributed by atoms with Gasteiger partial charge in [-0.05, 0) is 44.4 Å². The fourth-order valence-electron chi connectivity index (χ4n) is 4.30. The number of nitrogens with one attached hydrogen (secondary N) is 4. The van der Waals surface area contributed by atoms with Crippen LogP contribution in [0, 0.1) is 10.8 Å². The van der Waals surface area contributed by atoms with Crippen molar-refractivity contribution in [3.05, 3.63) is 0 Å². The highest BCUT2D eigenvalue weighted by atomic mass is 32.2. The smallest absolute Gasteiger partial charge is 0.397 e. The zero-order valence-corrected chi connectivity index (χ0v) is 36.3. The van der Waals surface area contributed by atoms with Gasteiger partial charge < -0.3 is 30.9 Å². The lowest BCUT2D eigenvalue weighted by atomic mass is 9.85. The number of carbonyl (C=O) groups excluding carboxylic acids is 6. The number of hydrogen-bond donors (Lipinski definition) is 4. The average molecular weight is 788 g/mol. The Morgan fingerprint density at radius 2 is 1.25 bits per heavy atom. The van der Waals surface area contributed by atoms with Gasteiger partial charge in [-0.25, -0.2) is 9.59 Å². The van der Waals surface area contributed by atoms with Gasteiger partial charge in [0.25, 0.3) is 11.7 Å². The number of rotatable bonds is 12. The van der Waals surface area contributed by atoms with Crippen molar-refractivity contribution in [2.24, 2.45) is 10.8 Å². The number of hydrogen-bond acceptors (Lipinski definition) is 8. The number of alkyl halides is 3. The first kappa shape index (κ1) is 56.7. The number of ether oxygens (including phenoxy) is 1. The average Bonchev–Trinajstić information content (AvgIpc) is 3.56. The number of carbonyl (C=O) groups is 6. The molecule has 1 saturated heterocycles. The minimum absolute atomic E-state index is 0.0459. The third-order valence-electron chi connectivity index (χ3n) is 6.44. The standard InChI is InChI=1S/C28H46F3N5O7S.C3H8.3C2H6/c1-10-32-21(39)17(37)22(44-14-28(29,30)31)35-20(38)16-12-11-13-36(16)23(40)18(26(4,5)6)33-25(42)34-19(27(7,8)9)24(41)43-15(2)3;1-3-2;3*1-2/h15-16,18-19,22H,10-14H2,1-9H3,(H,32,39)(H,35,38)(H2,33,34,42);3H2,1-2H3;3*1-2H3. The lowest BCUT2D eigenvalue weighted by Gasteiger charge is -2.36. The van der Waals surface area contributed by atoms with Gasteiger partial charge in [-0.15, -0.1) is 11.8 Å². The minimum Gasteiger partial charge on any atom is -0.461 e. The summed E-state index contributed by atoms with van der Waals surface area (Å²) in [5.74, 6) is -6.12. The van der Waals surface area contributed by atoms with Gasteiger partial charge in [0.2, 0.25) is 11.8 Å². The molecule has 4 N–H and O–H groups in total. The molecule has 1 rings (SSSR count). The molecule has 0 aromatic rings. The molecule has 5 amide bonds. The van der Waals surface area contributed by atoms with E-state index in [2.05, 4.69) is 35.1 Å². The fourth-order valence-corrected chi connectivity index (χ4v) is 5.12. The second-order valence-corrected chi connectivity index (χ2v) is 14.7. The minimum atomic E-state index is -4.67. The van der Waals surface area contributed by atoms with Gasteiger partial charge in [0, 0.05) is 13.1 Å². The number of amides is 5. The Hall–Kier alpha value is -3.04. The van der Waals surface area contributed by atoms with Gasteiger partial charge in [0.05, 0.1) is 11.9 Å². The quantitative estimate of drug-likeness (QED) is 0.0934. The van der Waals surface area contributed by atoms with Crippen LogP contribution in [0.5, 0.6) is 0 Å². The third kappa shape index (κ3) is 23.4. The van der Waals surface area contributed by atoms with E-state index >= 15 is 0 Å². The highest BCUT2D eigenvalue weighted by Gasteiger charge is 2.44. The van der Waals surface area contributed by atoms with Gasteiger partial charge in [-0.2, -0.15) is 13.2 Å². The molecule has 0 aromatic carbocycles. The summed E-state index contributed by atoms with van der Waals surface area (Å²) in [6, 6.07) is -4.24. The first-order chi connectivity index (χ1) is 24.4. The molecule has 0 saturated carbocycles. The molecule has 16 heteroatoms. The molecule has 4 atom stereocenters. The van der Waals surface area contributed by atoms with Crippen LogP contribution in [-0.2, 0) is 28.7 Å². The van der Waals surface area contributed by atoms with E-state index in [1.807, 2.05) is 41.5 Å². The molecule has 0 radical (unpaired) electrons. The molecule has 0 aromatic heterocycles. The van der Waals surface area contributed by atoms with Crippen LogP contribution < -0.4 is 21.3 Å². The van der Waals surface area contributed by atoms with Gasteiger partial charge in [0.15, 0.2) is 0 Å². The highest BCUT2D eigenvalue weighted by Crippen LogP contribution is 2.28. The second-order valence-electron chi connectivity index (χ2n) is 13.6. The summed E-state index contributed by atoms with van der Waals surface area (Å²) in [6.45, 7) is 31.5. The molecule has 53 heavy (non-hydrogen) atoms. The summed E-state index contributed by atoms with van der Waals surface area (Å²) >= 11 is 0.0460. The van der Waals surface area contributed by atoms with Crippen molar-refractivity contribution < 1.29 is 46.7 Å². The molecule has 0 aliphatic carbocycles. The van der Waals surface area contributed by atoms with Crippen molar-refractivity contribution in [2.75, 3.05) is 18.8 Å². The zero-order valence-electron chi connectivity index (χ0n) is 35.5. The number of ketones is 1. The molecule has 0 spiro atoms. The van der Waals surface area contributed by atoms with E-state index in [4.69, 9.17) is 4.74 Å². The second kappa shape index (κ2) is 28.4. The molecule has 4 unspecified atom stereocenters. The third-order valence-corrected chi connectivity index (χ3v) is 7.60. The van der Waals surface area contributed by atoms with Crippen molar-refractivity contribution in [2.45, 2.75) is 173 Å². The Bertz CT molecular complexity index is 1090. The summed E-state index contributed by atoms with van der Waals surface area (Å²) in [6.07, 6.45) is -3.35. The predicted octanol–water partition coefficient (Wildman–Crippen LogP) is 7.00. The predicted molar refractivity (Wildman–Crippen MR) is 208 cm³/mol. The Labute approximate surface area is 322 Å². The SMILES string of the molecule is CC.CC.CC.CCC.CCNC(=O)C(=O)C(NC(=O)C1CCCN1C(=O)C(NC(=O)NC(C(=O)OC(C)C)C(C)(C)C)C(C)(C)C)SCC(F)(F)F. The van der Waals surface area contributed by atoms with Gasteiger partial charge in [0.1, 0.15) is 23.5 Å². The van der Waals surface area contributed by atoms with Gasteiger partial charge in [-0.3, -0.25) is 19.2 Å². The summed E-state index contributed by atoms with van der Waals surface area (Å²) in [4.78, 5) is 78.7. The number of urea groups is 1. The van der Waals surface area contributed by atoms with Crippen molar-refractivity contribution >= 4 is 47.3 Å². The summed E-state index contributed by atoms with van der Waals surface area (Å²) in [7, 11) is 0. The lowest BCUT2D eigenvalue weighted by molar-refractivity contribution is -0.152. The van der Waals surface area contributed by atoms with Crippen molar-refractivity contribution in [1.29, 1.82) is 0 Å². The molecule has 12 nitrogen and oxygen atoms in total. The van der Waals surface area contributed by atoms with Crippen LogP contribution >= 0.6 is 11.8 Å². The molecule has 1 aliphatic heterocycles. The van der Waals surface area contributed by atoms with Crippen molar-refractivity contribution in [3.8, 4) is 0 Å². The number of thioether (sulfide) groups is 1. The first-order valence-electron chi connectivity index (χ1n) is 18.8. The monoisotopic (exact) mass is 788 g/mol. The van der Waals surface area contributed by atoms with Gasteiger partial charge >= 0.3 is 18.2 Å². The maximum absolute atomic E-state index is 13.8. The van der Waals surface area contributed by atoms with E-state index in [0.717, 1.165) is 0 Å². The molecular weight excluding hydrogens is 715 g/mol. The van der Waals surface area contributed by atoms with E-state index in [1.54, 1.807) is 55.4 Å². The zero-order chi connectivity index (χ0) is 42.9. The number of esters is 1. The molecule has 314 valence electrons. The topological polar surface area (TPSA) is 163 Å². The Balaban J connectivity index is -0.00000122. The lowest BCUT2D eigenvalue weighted by Crippen LogP contribution is -2.61. The van der Waals surface area contributed by atoms with Crippen LogP contribution in [0.3, 0.4) is 0 Å². The van der Waals surface area contributed by atoms with Crippen LogP contribution in [0.15, 0.2) is 0 Å². The number of likely N-dealkylation sites (tertiary alicyclic amines) is 1. The summed E-state index contributed by atoms with van der Waals surface area (Å²) in [5.41, 5.74) is -1.62. The summed E-state index contributed by atoms with van der Waals surface area (Å²) in [5, 5.41) is 7.78. The first-order valence-corrected chi connectivity index (χ1v) is 19.8. The molecular formula is C37H72F3N5O7S. The Kier molecular flexibility index (Phi) is 30.4. The van der Waals surface area contributed by atoms with E-state index in [9.17, 15) is 41.9 Å². The van der Waals surface area contributed by atoms with E-state index in [-0.39, 0.29) is 31.3 Å².